The van der Waals surface area contributed by atoms with Crippen LogP contribution in [0.5, 0.6) is 5.75 Å². The standard InChI is InChI=1S/C16H19NO2/c1-17(14-10-6-7-11-16(14)19-2)12-15(18)13-8-4-3-5-9-13/h3-11,15,18H,12H2,1-2H3. The van der Waals surface area contributed by atoms with E-state index in [9.17, 15) is 5.11 Å². The van der Waals surface area contributed by atoms with Crippen LogP contribution in [0.2, 0.25) is 0 Å². The van der Waals surface area contributed by atoms with Gasteiger partial charge in [0.25, 0.3) is 0 Å². The van der Waals surface area contributed by atoms with Gasteiger partial charge in [0.1, 0.15) is 5.75 Å². The van der Waals surface area contributed by atoms with Gasteiger partial charge in [0.05, 0.1) is 18.9 Å². The predicted octanol–water partition coefficient (Wildman–Crippen LogP) is 2.87. The van der Waals surface area contributed by atoms with E-state index in [1.807, 2.05) is 66.5 Å². The Morgan fingerprint density at radius 3 is 2.37 bits per heavy atom. The summed E-state index contributed by atoms with van der Waals surface area (Å²) in [7, 11) is 3.60. The van der Waals surface area contributed by atoms with Gasteiger partial charge in [-0.25, -0.2) is 0 Å². The van der Waals surface area contributed by atoms with Crippen LogP contribution in [-0.4, -0.2) is 25.8 Å². The Morgan fingerprint density at radius 1 is 1.05 bits per heavy atom. The molecule has 0 spiro atoms. The molecule has 0 aliphatic carbocycles. The number of aliphatic hydroxyl groups is 1. The van der Waals surface area contributed by atoms with E-state index >= 15 is 0 Å². The average molecular weight is 257 g/mol. The van der Waals surface area contributed by atoms with Crippen molar-refractivity contribution in [1.82, 2.24) is 0 Å². The summed E-state index contributed by atoms with van der Waals surface area (Å²) in [5.74, 6) is 0.810. The fourth-order valence-corrected chi connectivity index (χ4v) is 2.08. The highest BCUT2D eigenvalue weighted by Crippen LogP contribution is 2.28. The molecule has 1 N–H and O–H groups in total. The van der Waals surface area contributed by atoms with Crippen molar-refractivity contribution >= 4 is 5.69 Å². The Morgan fingerprint density at radius 2 is 1.68 bits per heavy atom. The fraction of sp³-hybridized carbons (Fsp3) is 0.250. The monoisotopic (exact) mass is 257 g/mol. The second-order valence-corrected chi connectivity index (χ2v) is 4.48. The third kappa shape index (κ3) is 3.26. The van der Waals surface area contributed by atoms with Crippen molar-refractivity contribution in [2.75, 3.05) is 25.6 Å². The molecule has 1 atom stereocenters. The van der Waals surface area contributed by atoms with Gasteiger partial charge < -0.3 is 14.7 Å². The highest BCUT2D eigenvalue weighted by Gasteiger charge is 2.13. The van der Waals surface area contributed by atoms with E-state index in [2.05, 4.69) is 0 Å². The van der Waals surface area contributed by atoms with Gasteiger partial charge in [-0.2, -0.15) is 0 Å². The first kappa shape index (κ1) is 13.4. The molecule has 2 rings (SSSR count). The Kier molecular flexibility index (Phi) is 4.42. The molecule has 0 heterocycles. The molecule has 2 aromatic rings. The van der Waals surface area contributed by atoms with E-state index in [1.165, 1.54) is 0 Å². The summed E-state index contributed by atoms with van der Waals surface area (Å²) in [4.78, 5) is 2.00. The molecular weight excluding hydrogens is 238 g/mol. The van der Waals surface area contributed by atoms with Gasteiger partial charge >= 0.3 is 0 Å². The first-order valence-electron chi connectivity index (χ1n) is 6.29. The van der Waals surface area contributed by atoms with Crippen molar-refractivity contribution in [2.45, 2.75) is 6.10 Å². The maximum Gasteiger partial charge on any atom is 0.142 e. The van der Waals surface area contributed by atoms with Gasteiger partial charge in [-0.3, -0.25) is 0 Å². The summed E-state index contributed by atoms with van der Waals surface area (Å²) in [5.41, 5.74) is 1.89. The molecule has 0 amide bonds. The minimum Gasteiger partial charge on any atom is -0.495 e. The molecule has 3 heteroatoms. The number of hydrogen-bond acceptors (Lipinski definition) is 3. The van der Waals surface area contributed by atoms with Gasteiger partial charge in [0.15, 0.2) is 0 Å². The quantitative estimate of drug-likeness (QED) is 0.894. The molecule has 0 saturated carbocycles. The predicted molar refractivity (Wildman–Crippen MR) is 77.7 cm³/mol. The molecule has 0 bridgehead atoms. The molecule has 100 valence electrons. The van der Waals surface area contributed by atoms with Crippen LogP contribution in [0, 0.1) is 0 Å². The van der Waals surface area contributed by atoms with E-state index in [4.69, 9.17) is 4.74 Å². The second-order valence-electron chi connectivity index (χ2n) is 4.48. The molecule has 19 heavy (non-hydrogen) atoms. The third-order valence-electron chi connectivity index (χ3n) is 3.13. The van der Waals surface area contributed by atoms with Crippen LogP contribution in [0.25, 0.3) is 0 Å². The van der Waals surface area contributed by atoms with Crippen LogP contribution in [0.1, 0.15) is 11.7 Å². The lowest BCUT2D eigenvalue weighted by Crippen LogP contribution is -2.24. The highest BCUT2D eigenvalue weighted by molar-refractivity contribution is 5.58. The summed E-state index contributed by atoms with van der Waals surface area (Å²) in [6.45, 7) is 0.518. The largest absolute Gasteiger partial charge is 0.495 e. The first-order chi connectivity index (χ1) is 9.22. The van der Waals surface area contributed by atoms with Crippen molar-refractivity contribution in [1.29, 1.82) is 0 Å². The number of nitrogens with zero attached hydrogens (tertiary/aromatic N) is 1. The number of hydrogen-bond donors (Lipinski definition) is 1. The van der Waals surface area contributed by atoms with E-state index in [-0.39, 0.29) is 0 Å². The zero-order chi connectivity index (χ0) is 13.7. The molecule has 3 nitrogen and oxygen atoms in total. The smallest absolute Gasteiger partial charge is 0.142 e. The second kappa shape index (κ2) is 6.25. The maximum atomic E-state index is 10.2. The zero-order valence-corrected chi connectivity index (χ0v) is 11.3. The molecular formula is C16H19NO2. The van der Waals surface area contributed by atoms with Crippen molar-refractivity contribution in [3.05, 3.63) is 60.2 Å². The van der Waals surface area contributed by atoms with Gasteiger partial charge in [-0.1, -0.05) is 42.5 Å². The number of likely N-dealkylation sites (N-methyl/N-ethyl adjacent to an activating group) is 1. The zero-order valence-electron chi connectivity index (χ0n) is 11.3. The van der Waals surface area contributed by atoms with Crippen LogP contribution in [0.3, 0.4) is 0 Å². The molecule has 2 aromatic carbocycles. The van der Waals surface area contributed by atoms with Gasteiger partial charge in [-0.05, 0) is 17.7 Å². The van der Waals surface area contributed by atoms with Crippen molar-refractivity contribution in [2.24, 2.45) is 0 Å². The Bertz CT molecular complexity index is 513. The number of anilines is 1. The Balaban J connectivity index is 2.11. The number of rotatable bonds is 5. The summed E-state index contributed by atoms with van der Waals surface area (Å²) in [5, 5.41) is 10.2. The van der Waals surface area contributed by atoms with E-state index in [0.717, 1.165) is 17.0 Å². The van der Waals surface area contributed by atoms with E-state index in [0.29, 0.717) is 6.54 Å². The van der Waals surface area contributed by atoms with Crippen LogP contribution in [-0.2, 0) is 0 Å². The molecule has 0 saturated heterocycles. The molecule has 0 fully saturated rings. The topological polar surface area (TPSA) is 32.7 Å². The summed E-state index contributed by atoms with van der Waals surface area (Å²) in [6.07, 6.45) is -0.517. The van der Waals surface area contributed by atoms with Gasteiger partial charge in [0, 0.05) is 13.6 Å². The van der Waals surface area contributed by atoms with Crippen LogP contribution in [0.15, 0.2) is 54.6 Å². The molecule has 0 aromatic heterocycles. The number of methoxy groups -OCH3 is 1. The minimum atomic E-state index is -0.517. The van der Waals surface area contributed by atoms with Gasteiger partial charge in [0.2, 0.25) is 0 Å². The molecule has 0 radical (unpaired) electrons. The number of benzene rings is 2. The maximum absolute atomic E-state index is 10.2. The van der Waals surface area contributed by atoms with Gasteiger partial charge in [-0.15, -0.1) is 0 Å². The van der Waals surface area contributed by atoms with Crippen LogP contribution < -0.4 is 9.64 Å². The lowest BCUT2D eigenvalue weighted by molar-refractivity contribution is 0.185. The Labute approximate surface area is 114 Å². The number of aliphatic hydroxyl groups excluding tert-OH is 1. The fourth-order valence-electron chi connectivity index (χ4n) is 2.08. The molecule has 1 unspecified atom stereocenters. The van der Waals surface area contributed by atoms with Crippen molar-refractivity contribution in [3.63, 3.8) is 0 Å². The number of para-hydroxylation sites is 2. The van der Waals surface area contributed by atoms with E-state index < -0.39 is 6.10 Å². The average Bonchev–Trinajstić information content (AvgIpc) is 2.48. The van der Waals surface area contributed by atoms with E-state index in [1.54, 1.807) is 7.11 Å². The SMILES string of the molecule is COc1ccccc1N(C)CC(O)c1ccccc1. The third-order valence-corrected chi connectivity index (χ3v) is 3.13. The van der Waals surface area contributed by atoms with Crippen LogP contribution in [0.4, 0.5) is 5.69 Å². The summed E-state index contributed by atoms with van der Waals surface area (Å²) in [6, 6.07) is 17.5. The van der Waals surface area contributed by atoms with Crippen molar-refractivity contribution < 1.29 is 9.84 Å². The lowest BCUT2D eigenvalue weighted by atomic mass is 10.1. The summed E-state index contributed by atoms with van der Waals surface area (Å²) >= 11 is 0. The summed E-state index contributed by atoms with van der Waals surface area (Å²) < 4.78 is 5.33. The first-order valence-corrected chi connectivity index (χ1v) is 6.29. The highest BCUT2D eigenvalue weighted by atomic mass is 16.5. The molecule has 0 aliphatic heterocycles. The van der Waals surface area contributed by atoms with Crippen LogP contribution >= 0.6 is 0 Å². The lowest BCUT2D eigenvalue weighted by Gasteiger charge is -2.24. The van der Waals surface area contributed by atoms with Crippen molar-refractivity contribution in [3.8, 4) is 5.75 Å². The molecule has 0 aliphatic rings. The normalized spacial score (nSPS) is 11.9. The number of ether oxygens (including phenoxy) is 1. The minimum absolute atomic E-state index is 0.517. The Hall–Kier alpha value is -2.00.